The lowest BCUT2D eigenvalue weighted by Gasteiger charge is -2.59. The molecule has 3 unspecified atom stereocenters. The van der Waals surface area contributed by atoms with Gasteiger partial charge in [-0.05, 0) is 59.5 Å². The molecule has 4 rings (SSSR count). The van der Waals surface area contributed by atoms with Gasteiger partial charge in [0.15, 0.2) is 5.78 Å². The molecule has 102 valence electrons. The van der Waals surface area contributed by atoms with Gasteiger partial charge < -0.3 is 4.74 Å². The minimum Gasteiger partial charge on any atom is -0.367 e. The van der Waals surface area contributed by atoms with Crippen LogP contribution in [0.3, 0.4) is 0 Å². The molecule has 3 heteroatoms. The van der Waals surface area contributed by atoms with Crippen molar-refractivity contribution in [1.29, 1.82) is 0 Å². The second kappa shape index (κ2) is 4.04. The molecular weight excluding hydrogens is 226 g/mol. The molecule has 0 radical (unpaired) electrons. The van der Waals surface area contributed by atoms with E-state index in [0.717, 1.165) is 25.9 Å². The number of fused-ring (bicyclic) bond motifs is 3. The topological polar surface area (TPSA) is 29.5 Å². The van der Waals surface area contributed by atoms with E-state index in [1.165, 1.54) is 19.3 Å². The number of nitrogens with zero attached hydrogens (tertiary/aromatic N) is 1. The Bertz CT molecular complexity index is 360. The number of ketones is 1. The van der Waals surface area contributed by atoms with Gasteiger partial charge in [0.25, 0.3) is 0 Å². The van der Waals surface area contributed by atoms with Gasteiger partial charge in [-0.15, -0.1) is 0 Å². The molecule has 0 N–H and O–H groups in total. The van der Waals surface area contributed by atoms with Crippen LogP contribution in [0.15, 0.2) is 0 Å². The Labute approximate surface area is 110 Å². The van der Waals surface area contributed by atoms with Gasteiger partial charge in [-0.1, -0.05) is 6.42 Å². The van der Waals surface area contributed by atoms with Crippen molar-refractivity contribution >= 4 is 5.78 Å². The van der Waals surface area contributed by atoms with Gasteiger partial charge in [-0.2, -0.15) is 0 Å². The number of carbonyl (C=O) groups excluding carboxylic acids is 1. The summed E-state index contributed by atoms with van der Waals surface area (Å²) in [7, 11) is 0. The first-order chi connectivity index (χ1) is 8.44. The standard InChI is InChI=1S/C15H25NO2/c1-14(2)11-7-8-15(3,18-14)13(12(11)17)16-9-5-4-6-10-16/h11,13H,4-10H2,1-3H3. The van der Waals surface area contributed by atoms with E-state index in [2.05, 4.69) is 25.7 Å². The monoisotopic (exact) mass is 251 g/mol. The van der Waals surface area contributed by atoms with Crippen LogP contribution in [-0.2, 0) is 9.53 Å². The molecule has 0 amide bonds. The van der Waals surface area contributed by atoms with Gasteiger partial charge in [-0.3, -0.25) is 9.69 Å². The van der Waals surface area contributed by atoms with Crippen LogP contribution in [-0.4, -0.2) is 41.0 Å². The maximum absolute atomic E-state index is 12.8. The molecule has 3 heterocycles. The Morgan fingerprint density at radius 1 is 1.17 bits per heavy atom. The molecule has 3 nitrogen and oxygen atoms in total. The average Bonchev–Trinajstić information content (AvgIpc) is 2.27. The summed E-state index contributed by atoms with van der Waals surface area (Å²) >= 11 is 0. The van der Waals surface area contributed by atoms with Crippen LogP contribution in [0, 0.1) is 5.92 Å². The zero-order chi connectivity index (χ0) is 13.0. The Hall–Kier alpha value is -0.410. The molecule has 3 saturated heterocycles. The summed E-state index contributed by atoms with van der Waals surface area (Å²) < 4.78 is 6.33. The number of hydrogen-bond acceptors (Lipinski definition) is 3. The predicted molar refractivity (Wildman–Crippen MR) is 70.5 cm³/mol. The van der Waals surface area contributed by atoms with Crippen molar-refractivity contribution in [3.63, 3.8) is 0 Å². The predicted octanol–water partition coefficient (Wildman–Crippen LogP) is 2.39. The lowest BCUT2D eigenvalue weighted by molar-refractivity contribution is -0.245. The molecule has 0 aromatic heterocycles. The molecule has 1 saturated carbocycles. The van der Waals surface area contributed by atoms with E-state index >= 15 is 0 Å². The molecule has 0 spiro atoms. The molecule has 4 aliphatic rings. The summed E-state index contributed by atoms with van der Waals surface area (Å²) in [5.74, 6) is 0.549. The highest BCUT2D eigenvalue weighted by molar-refractivity contribution is 5.90. The van der Waals surface area contributed by atoms with Crippen molar-refractivity contribution in [3.8, 4) is 0 Å². The summed E-state index contributed by atoms with van der Waals surface area (Å²) in [6.45, 7) is 8.46. The van der Waals surface area contributed by atoms with E-state index in [0.29, 0.717) is 5.78 Å². The van der Waals surface area contributed by atoms with Crippen LogP contribution in [0.1, 0.15) is 52.9 Å². The molecule has 2 bridgehead atoms. The average molecular weight is 251 g/mol. The quantitative estimate of drug-likeness (QED) is 0.716. The largest absolute Gasteiger partial charge is 0.367 e. The number of carbonyl (C=O) groups is 1. The maximum Gasteiger partial charge on any atom is 0.158 e. The fourth-order valence-corrected chi connectivity index (χ4v) is 4.41. The zero-order valence-electron chi connectivity index (χ0n) is 11.9. The number of Topliss-reactive ketones (excluding diaryl/α,β-unsaturated/α-hetero) is 1. The fourth-order valence-electron chi connectivity index (χ4n) is 4.41. The summed E-state index contributed by atoms with van der Waals surface area (Å²) in [6.07, 6.45) is 5.81. The van der Waals surface area contributed by atoms with Crippen LogP contribution in [0.5, 0.6) is 0 Å². The zero-order valence-corrected chi connectivity index (χ0v) is 11.9. The number of likely N-dealkylation sites (tertiary alicyclic amines) is 1. The smallest absolute Gasteiger partial charge is 0.158 e. The Balaban J connectivity index is 1.89. The van der Waals surface area contributed by atoms with Gasteiger partial charge in [-0.25, -0.2) is 0 Å². The lowest BCUT2D eigenvalue weighted by Crippen LogP contribution is -2.71. The molecule has 18 heavy (non-hydrogen) atoms. The van der Waals surface area contributed by atoms with Crippen LogP contribution in [0.25, 0.3) is 0 Å². The van der Waals surface area contributed by atoms with E-state index in [9.17, 15) is 4.79 Å². The molecular formula is C15H25NO2. The van der Waals surface area contributed by atoms with Crippen LogP contribution in [0.4, 0.5) is 0 Å². The molecule has 0 aromatic rings. The Morgan fingerprint density at radius 2 is 1.83 bits per heavy atom. The summed E-state index contributed by atoms with van der Waals surface area (Å²) in [5, 5.41) is 0. The van der Waals surface area contributed by atoms with Crippen molar-refractivity contribution in [2.24, 2.45) is 5.92 Å². The van der Waals surface area contributed by atoms with Crippen LogP contribution >= 0.6 is 0 Å². The van der Waals surface area contributed by atoms with Gasteiger partial charge in [0.05, 0.1) is 17.2 Å². The van der Waals surface area contributed by atoms with Gasteiger partial charge in [0.2, 0.25) is 0 Å². The number of ether oxygens (including phenoxy) is 1. The minimum atomic E-state index is -0.267. The SMILES string of the molecule is CC1(C)OC2(C)CCC1C(=O)C2N1CCCCC1. The van der Waals surface area contributed by atoms with Crippen molar-refractivity contribution in [2.75, 3.05) is 13.1 Å². The van der Waals surface area contributed by atoms with E-state index in [-0.39, 0.29) is 23.2 Å². The van der Waals surface area contributed by atoms with E-state index in [1.54, 1.807) is 0 Å². The first-order valence-electron chi connectivity index (χ1n) is 7.42. The summed E-state index contributed by atoms with van der Waals surface area (Å²) in [4.78, 5) is 15.2. The highest BCUT2D eigenvalue weighted by Gasteiger charge is 2.60. The van der Waals surface area contributed by atoms with E-state index < -0.39 is 0 Å². The third-order valence-corrected chi connectivity index (χ3v) is 5.21. The van der Waals surface area contributed by atoms with Crippen molar-refractivity contribution in [1.82, 2.24) is 4.90 Å². The second-order valence-corrected chi connectivity index (χ2v) is 7.01. The summed E-state index contributed by atoms with van der Waals surface area (Å²) in [6, 6.07) is 0.0181. The molecule has 3 aliphatic heterocycles. The normalized spacial score (nSPS) is 44.3. The molecule has 1 aliphatic carbocycles. The first-order valence-corrected chi connectivity index (χ1v) is 7.42. The van der Waals surface area contributed by atoms with E-state index in [1.807, 2.05) is 0 Å². The highest BCUT2D eigenvalue weighted by atomic mass is 16.5. The van der Waals surface area contributed by atoms with Crippen molar-refractivity contribution < 1.29 is 9.53 Å². The summed E-state index contributed by atoms with van der Waals surface area (Å²) in [5.41, 5.74) is -0.525. The van der Waals surface area contributed by atoms with Gasteiger partial charge in [0, 0.05) is 5.92 Å². The minimum absolute atomic E-state index is 0.0181. The number of hydrogen-bond donors (Lipinski definition) is 0. The third kappa shape index (κ3) is 1.75. The van der Waals surface area contributed by atoms with Gasteiger partial charge in [0.1, 0.15) is 0 Å². The Kier molecular flexibility index (Phi) is 2.83. The van der Waals surface area contributed by atoms with Crippen LogP contribution in [0.2, 0.25) is 0 Å². The lowest BCUT2D eigenvalue weighted by atomic mass is 9.64. The molecule has 4 fully saturated rings. The van der Waals surface area contributed by atoms with Gasteiger partial charge >= 0.3 is 0 Å². The van der Waals surface area contributed by atoms with E-state index in [4.69, 9.17) is 4.74 Å². The first kappa shape index (κ1) is 12.6. The fraction of sp³-hybridized carbons (Fsp3) is 0.933. The second-order valence-electron chi connectivity index (χ2n) is 7.01. The van der Waals surface area contributed by atoms with Crippen molar-refractivity contribution in [3.05, 3.63) is 0 Å². The molecule has 0 aromatic carbocycles. The van der Waals surface area contributed by atoms with Crippen molar-refractivity contribution in [2.45, 2.75) is 70.1 Å². The number of rotatable bonds is 1. The third-order valence-electron chi connectivity index (χ3n) is 5.21. The number of piperidine rings is 1. The van der Waals surface area contributed by atoms with Crippen LogP contribution < -0.4 is 0 Å². The highest BCUT2D eigenvalue weighted by Crippen LogP contribution is 2.49. The maximum atomic E-state index is 12.8. The Morgan fingerprint density at radius 3 is 2.39 bits per heavy atom. The molecule has 3 atom stereocenters.